The predicted octanol–water partition coefficient (Wildman–Crippen LogP) is 4.32. The van der Waals surface area contributed by atoms with Crippen LogP contribution in [0.3, 0.4) is 0 Å². The van der Waals surface area contributed by atoms with Gasteiger partial charge < -0.3 is 14.8 Å². The van der Waals surface area contributed by atoms with Gasteiger partial charge in [0.25, 0.3) is 0 Å². The third kappa shape index (κ3) is 5.04. The van der Waals surface area contributed by atoms with Crippen molar-refractivity contribution in [3.8, 4) is 0 Å². The summed E-state index contributed by atoms with van der Waals surface area (Å²) in [6.45, 7) is 8.92. The van der Waals surface area contributed by atoms with Crippen LogP contribution in [0.15, 0.2) is 42.5 Å². The molecule has 1 fully saturated rings. The zero-order chi connectivity index (χ0) is 25.1. The molecule has 188 valence electrons. The van der Waals surface area contributed by atoms with Gasteiger partial charge in [-0.15, -0.1) is 5.10 Å². The van der Waals surface area contributed by atoms with Crippen molar-refractivity contribution in [3.63, 3.8) is 0 Å². The second-order valence-electron chi connectivity index (χ2n) is 9.68. The molecule has 4 aromatic rings. The molecule has 1 aliphatic rings. The molecule has 0 spiro atoms. The smallest absolute Gasteiger partial charge is 0.224 e. The molecule has 1 aliphatic heterocycles. The molecule has 8 nitrogen and oxygen atoms in total. The second kappa shape index (κ2) is 10.6. The fourth-order valence-corrected chi connectivity index (χ4v) is 5.01. The summed E-state index contributed by atoms with van der Waals surface area (Å²) >= 11 is 0. The molecule has 8 heteroatoms. The van der Waals surface area contributed by atoms with Gasteiger partial charge in [0, 0.05) is 69.1 Å². The molecule has 1 N–H and O–H groups in total. The first kappa shape index (κ1) is 24.2. The predicted molar refractivity (Wildman–Crippen MR) is 146 cm³/mol. The zero-order valence-electron chi connectivity index (χ0n) is 21.5. The number of imidazole rings is 1. The number of aromatic nitrogens is 4. The van der Waals surface area contributed by atoms with Crippen LogP contribution >= 0.6 is 0 Å². The van der Waals surface area contributed by atoms with Crippen LogP contribution in [0.5, 0.6) is 0 Å². The highest BCUT2D eigenvalue weighted by Crippen LogP contribution is 2.26. The first-order valence-electron chi connectivity index (χ1n) is 13.0. The normalized spacial score (nSPS) is 14.6. The van der Waals surface area contributed by atoms with Crippen LogP contribution in [0.25, 0.3) is 21.8 Å². The lowest BCUT2D eigenvalue weighted by atomic mass is 10.1. The first-order valence-corrected chi connectivity index (χ1v) is 13.0. The van der Waals surface area contributed by atoms with Crippen LogP contribution in [-0.2, 0) is 18.3 Å². The molecule has 0 aliphatic carbocycles. The highest BCUT2D eigenvalue weighted by Gasteiger charge is 2.21. The quantitative estimate of drug-likeness (QED) is 0.401. The summed E-state index contributed by atoms with van der Waals surface area (Å²) in [5, 5.41) is 14.3. The van der Waals surface area contributed by atoms with Crippen molar-refractivity contribution < 1.29 is 4.79 Å². The topological polar surface area (TPSA) is 79.2 Å². The summed E-state index contributed by atoms with van der Waals surface area (Å²) in [7, 11) is 2.07. The van der Waals surface area contributed by atoms with Crippen molar-refractivity contribution in [2.75, 3.05) is 42.9 Å². The van der Waals surface area contributed by atoms with Gasteiger partial charge in [-0.25, -0.2) is 4.98 Å². The van der Waals surface area contributed by atoms with E-state index >= 15 is 0 Å². The number of rotatable bonds is 8. The lowest BCUT2D eigenvalue weighted by Crippen LogP contribution is -2.47. The maximum absolute atomic E-state index is 12.1. The molecule has 36 heavy (non-hydrogen) atoms. The molecular weight excluding hydrogens is 450 g/mol. The average Bonchev–Trinajstić information content (AvgIpc) is 3.21. The molecule has 0 atom stereocenters. The van der Waals surface area contributed by atoms with Crippen LogP contribution in [-0.4, -0.2) is 63.3 Å². The number of amides is 1. The molecule has 0 saturated carbocycles. The Bertz CT molecular complexity index is 1370. The summed E-state index contributed by atoms with van der Waals surface area (Å²) < 4.78 is 2.17. The van der Waals surface area contributed by atoms with Gasteiger partial charge in [-0.1, -0.05) is 37.6 Å². The van der Waals surface area contributed by atoms with E-state index < -0.39 is 0 Å². The van der Waals surface area contributed by atoms with Crippen molar-refractivity contribution in [1.82, 2.24) is 24.6 Å². The molecule has 3 heterocycles. The molecule has 0 radical (unpaired) electrons. The Morgan fingerprint density at radius 2 is 1.81 bits per heavy atom. The van der Waals surface area contributed by atoms with Crippen molar-refractivity contribution in [2.24, 2.45) is 7.05 Å². The Hall–Kier alpha value is -3.52. The number of carbonyl (C=O) groups is 1. The Morgan fingerprint density at radius 1 is 1.03 bits per heavy atom. The Balaban J connectivity index is 1.20. The van der Waals surface area contributed by atoms with Crippen LogP contribution in [0.1, 0.15) is 37.7 Å². The van der Waals surface area contributed by atoms with E-state index in [4.69, 9.17) is 4.98 Å². The Morgan fingerprint density at radius 3 is 2.58 bits per heavy atom. The van der Waals surface area contributed by atoms with E-state index in [1.165, 1.54) is 10.8 Å². The van der Waals surface area contributed by atoms with Gasteiger partial charge in [-0.3, -0.25) is 9.69 Å². The van der Waals surface area contributed by atoms with E-state index in [9.17, 15) is 4.79 Å². The van der Waals surface area contributed by atoms with Crippen LogP contribution < -0.4 is 10.2 Å². The number of piperazine rings is 1. The van der Waals surface area contributed by atoms with Gasteiger partial charge >= 0.3 is 0 Å². The van der Waals surface area contributed by atoms with E-state index in [-0.39, 0.29) is 5.91 Å². The number of aryl methyl sites for hydroxylation is 2. The number of hydrogen-bond acceptors (Lipinski definition) is 6. The highest BCUT2D eigenvalue weighted by atomic mass is 16.1. The van der Waals surface area contributed by atoms with Gasteiger partial charge in [0.2, 0.25) is 5.91 Å². The second-order valence-corrected chi connectivity index (χ2v) is 9.68. The van der Waals surface area contributed by atoms with Gasteiger partial charge in [0.1, 0.15) is 5.82 Å². The zero-order valence-corrected chi connectivity index (χ0v) is 21.5. The van der Waals surface area contributed by atoms with E-state index in [2.05, 4.69) is 68.1 Å². The minimum absolute atomic E-state index is 0.0658. The summed E-state index contributed by atoms with van der Waals surface area (Å²) in [5.41, 5.74) is 3.80. The SMILES string of the molecule is CCCCC(=O)Nc1ccc2c(c1)nc(CCN1CCN(c3nnc(C)c4ccccc34)CC1)n2C. The van der Waals surface area contributed by atoms with Gasteiger partial charge in [0.15, 0.2) is 5.82 Å². The van der Waals surface area contributed by atoms with E-state index in [0.29, 0.717) is 6.42 Å². The standard InChI is InChI=1S/C28H35N7O/c1-4-5-10-27(36)29-21-11-12-25-24(19-21)30-26(33(25)3)13-14-34-15-17-35(18-16-34)28-23-9-7-6-8-22(23)20(2)31-32-28/h6-9,11-12,19H,4-5,10,13-18H2,1-3H3,(H,29,36). The maximum atomic E-state index is 12.1. The molecule has 1 amide bonds. The number of unbranched alkanes of at least 4 members (excludes halogenated alkanes) is 1. The molecule has 2 aromatic carbocycles. The van der Waals surface area contributed by atoms with Crippen molar-refractivity contribution >= 4 is 39.2 Å². The number of fused-ring (bicyclic) bond motifs is 2. The lowest BCUT2D eigenvalue weighted by molar-refractivity contribution is -0.116. The van der Waals surface area contributed by atoms with Gasteiger partial charge in [0.05, 0.1) is 16.7 Å². The Labute approximate surface area is 212 Å². The first-order chi connectivity index (χ1) is 17.5. The van der Waals surface area contributed by atoms with Crippen molar-refractivity contribution in [2.45, 2.75) is 39.5 Å². The molecule has 0 unspecified atom stereocenters. The van der Waals surface area contributed by atoms with E-state index in [1.807, 2.05) is 25.1 Å². The minimum atomic E-state index is 0.0658. The number of nitrogens with zero attached hydrogens (tertiary/aromatic N) is 6. The number of nitrogens with one attached hydrogen (secondary N) is 1. The maximum Gasteiger partial charge on any atom is 0.224 e. The lowest BCUT2D eigenvalue weighted by Gasteiger charge is -2.35. The fraction of sp³-hybridized carbons (Fsp3) is 0.429. The van der Waals surface area contributed by atoms with Gasteiger partial charge in [-0.2, -0.15) is 5.10 Å². The van der Waals surface area contributed by atoms with Gasteiger partial charge in [-0.05, 0) is 31.5 Å². The van der Waals surface area contributed by atoms with Crippen molar-refractivity contribution in [1.29, 1.82) is 0 Å². The molecule has 2 aromatic heterocycles. The van der Waals surface area contributed by atoms with Crippen LogP contribution in [0.2, 0.25) is 0 Å². The average molecular weight is 486 g/mol. The summed E-state index contributed by atoms with van der Waals surface area (Å²) in [5.74, 6) is 2.12. The molecular formula is C28H35N7O. The van der Waals surface area contributed by atoms with E-state index in [0.717, 1.165) is 86.0 Å². The Kier molecular flexibility index (Phi) is 7.13. The third-order valence-corrected chi connectivity index (χ3v) is 7.19. The molecule has 1 saturated heterocycles. The fourth-order valence-electron chi connectivity index (χ4n) is 5.01. The number of anilines is 2. The van der Waals surface area contributed by atoms with Crippen LogP contribution in [0, 0.1) is 6.92 Å². The monoisotopic (exact) mass is 485 g/mol. The van der Waals surface area contributed by atoms with Crippen LogP contribution in [0.4, 0.5) is 11.5 Å². The molecule has 0 bridgehead atoms. The molecule has 5 rings (SSSR count). The van der Waals surface area contributed by atoms with E-state index in [1.54, 1.807) is 0 Å². The summed E-state index contributed by atoms with van der Waals surface area (Å²) in [6, 6.07) is 14.4. The number of benzene rings is 2. The third-order valence-electron chi connectivity index (χ3n) is 7.19. The number of carbonyl (C=O) groups excluding carboxylic acids is 1. The largest absolute Gasteiger partial charge is 0.352 e. The van der Waals surface area contributed by atoms with Crippen molar-refractivity contribution in [3.05, 3.63) is 54.0 Å². The highest BCUT2D eigenvalue weighted by molar-refractivity contribution is 5.94. The number of hydrogen-bond donors (Lipinski definition) is 1. The summed E-state index contributed by atoms with van der Waals surface area (Å²) in [6.07, 6.45) is 3.37. The minimum Gasteiger partial charge on any atom is -0.352 e. The summed E-state index contributed by atoms with van der Waals surface area (Å²) in [4.78, 5) is 21.8.